The summed E-state index contributed by atoms with van der Waals surface area (Å²) in [4.78, 5) is 5.29. The lowest BCUT2D eigenvalue weighted by Gasteiger charge is -2.46. The Morgan fingerprint density at radius 3 is 2.58 bits per heavy atom. The SMILES string of the molecule is Cc1ccc(C(N)=S)c(N2CCN(C)C(C)(C)C2)c1. The molecule has 0 atom stereocenters. The lowest BCUT2D eigenvalue weighted by molar-refractivity contribution is 0.139. The van der Waals surface area contributed by atoms with Gasteiger partial charge in [0.05, 0.1) is 0 Å². The van der Waals surface area contributed by atoms with Gasteiger partial charge in [-0.1, -0.05) is 18.3 Å². The predicted octanol–water partition coefficient (Wildman–Crippen LogP) is 2.16. The molecule has 1 aromatic rings. The molecule has 1 aromatic carbocycles. The summed E-state index contributed by atoms with van der Waals surface area (Å²) >= 11 is 5.18. The molecule has 0 saturated carbocycles. The van der Waals surface area contributed by atoms with Crippen LogP contribution in [-0.2, 0) is 0 Å². The van der Waals surface area contributed by atoms with Crippen molar-refractivity contribution in [2.24, 2.45) is 5.73 Å². The van der Waals surface area contributed by atoms with Gasteiger partial charge in [0.25, 0.3) is 0 Å². The van der Waals surface area contributed by atoms with E-state index in [0.717, 1.165) is 25.2 Å². The van der Waals surface area contributed by atoms with E-state index in [-0.39, 0.29) is 5.54 Å². The van der Waals surface area contributed by atoms with Crippen LogP contribution in [0.15, 0.2) is 18.2 Å². The Bertz CT molecular complexity index is 496. The van der Waals surface area contributed by atoms with E-state index in [4.69, 9.17) is 18.0 Å². The maximum absolute atomic E-state index is 5.86. The van der Waals surface area contributed by atoms with Crippen molar-refractivity contribution < 1.29 is 0 Å². The van der Waals surface area contributed by atoms with Gasteiger partial charge in [-0.15, -0.1) is 0 Å². The number of rotatable bonds is 2. The Kier molecular flexibility index (Phi) is 3.83. The van der Waals surface area contributed by atoms with E-state index < -0.39 is 0 Å². The topological polar surface area (TPSA) is 32.5 Å². The Labute approximate surface area is 121 Å². The van der Waals surface area contributed by atoms with E-state index in [1.165, 1.54) is 11.3 Å². The highest BCUT2D eigenvalue weighted by Crippen LogP contribution is 2.28. The molecule has 2 rings (SSSR count). The molecule has 104 valence electrons. The Balaban J connectivity index is 2.36. The van der Waals surface area contributed by atoms with E-state index in [1.807, 2.05) is 6.07 Å². The molecule has 1 heterocycles. The molecule has 0 amide bonds. The summed E-state index contributed by atoms with van der Waals surface area (Å²) < 4.78 is 0. The van der Waals surface area contributed by atoms with Gasteiger partial charge in [-0.25, -0.2) is 0 Å². The highest BCUT2D eigenvalue weighted by atomic mass is 32.1. The number of likely N-dealkylation sites (N-methyl/N-ethyl adjacent to an activating group) is 1. The molecule has 0 bridgehead atoms. The lowest BCUT2D eigenvalue weighted by Crippen LogP contribution is -2.58. The molecule has 3 nitrogen and oxygen atoms in total. The molecule has 0 unspecified atom stereocenters. The quantitative estimate of drug-likeness (QED) is 0.840. The normalized spacial score (nSPS) is 19.5. The summed E-state index contributed by atoms with van der Waals surface area (Å²) in [6, 6.07) is 6.30. The standard InChI is InChI=1S/C15H23N3S/c1-11-5-6-12(14(16)19)13(9-11)18-8-7-17(4)15(2,3)10-18/h5-6,9H,7-8,10H2,1-4H3,(H2,16,19). The zero-order chi connectivity index (χ0) is 14.2. The number of benzene rings is 1. The fourth-order valence-electron chi connectivity index (χ4n) is 2.56. The smallest absolute Gasteiger partial charge is 0.106 e. The maximum atomic E-state index is 5.86. The number of anilines is 1. The van der Waals surface area contributed by atoms with Crippen LogP contribution < -0.4 is 10.6 Å². The molecule has 0 aromatic heterocycles. The van der Waals surface area contributed by atoms with Crippen molar-refractivity contribution in [2.75, 3.05) is 31.6 Å². The van der Waals surface area contributed by atoms with Crippen LogP contribution in [0.4, 0.5) is 5.69 Å². The number of aryl methyl sites for hydroxylation is 1. The summed E-state index contributed by atoms with van der Waals surface area (Å²) in [5, 5.41) is 0. The van der Waals surface area contributed by atoms with Crippen molar-refractivity contribution in [1.29, 1.82) is 0 Å². The summed E-state index contributed by atoms with van der Waals surface area (Å²) in [6.45, 7) is 9.71. The highest BCUT2D eigenvalue weighted by Gasteiger charge is 2.32. The molecule has 1 aliphatic heterocycles. The first kappa shape index (κ1) is 14.3. The van der Waals surface area contributed by atoms with Gasteiger partial charge in [-0.05, 0) is 45.5 Å². The second-order valence-electron chi connectivity index (χ2n) is 6.04. The van der Waals surface area contributed by atoms with Crippen LogP contribution in [0, 0.1) is 6.92 Å². The van der Waals surface area contributed by atoms with Crippen molar-refractivity contribution in [3.8, 4) is 0 Å². The minimum atomic E-state index is 0.162. The monoisotopic (exact) mass is 277 g/mol. The number of nitrogens with two attached hydrogens (primary N) is 1. The van der Waals surface area contributed by atoms with Gasteiger partial charge >= 0.3 is 0 Å². The van der Waals surface area contributed by atoms with Crippen molar-refractivity contribution in [1.82, 2.24) is 4.90 Å². The molecule has 1 saturated heterocycles. The van der Waals surface area contributed by atoms with E-state index in [2.05, 4.69) is 49.8 Å². The molecule has 4 heteroatoms. The van der Waals surface area contributed by atoms with Crippen molar-refractivity contribution >= 4 is 22.9 Å². The number of thiocarbonyl (C=S) groups is 1. The second kappa shape index (κ2) is 5.10. The zero-order valence-electron chi connectivity index (χ0n) is 12.2. The molecule has 1 aliphatic rings. The fourth-order valence-corrected chi connectivity index (χ4v) is 2.73. The lowest BCUT2D eigenvalue weighted by atomic mass is 9.98. The van der Waals surface area contributed by atoms with Gasteiger partial charge in [0.15, 0.2) is 0 Å². The van der Waals surface area contributed by atoms with Gasteiger partial charge in [0.1, 0.15) is 4.99 Å². The van der Waals surface area contributed by atoms with Crippen LogP contribution in [-0.4, -0.2) is 42.1 Å². The van der Waals surface area contributed by atoms with Gasteiger partial charge in [0.2, 0.25) is 0 Å². The third-order valence-electron chi connectivity index (χ3n) is 4.08. The Morgan fingerprint density at radius 1 is 1.32 bits per heavy atom. The molecule has 1 fully saturated rings. The van der Waals surface area contributed by atoms with Gasteiger partial charge in [0, 0.05) is 36.4 Å². The van der Waals surface area contributed by atoms with Crippen LogP contribution in [0.1, 0.15) is 25.0 Å². The van der Waals surface area contributed by atoms with Crippen LogP contribution in [0.2, 0.25) is 0 Å². The fraction of sp³-hybridized carbons (Fsp3) is 0.533. The average molecular weight is 277 g/mol. The number of nitrogens with zero attached hydrogens (tertiary/aromatic N) is 2. The highest BCUT2D eigenvalue weighted by molar-refractivity contribution is 7.80. The minimum absolute atomic E-state index is 0.162. The van der Waals surface area contributed by atoms with E-state index in [0.29, 0.717) is 4.99 Å². The molecule has 0 aliphatic carbocycles. The molecule has 2 N–H and O–H groups in total. The first-order valence-electron chi connectivity index (χ1n) is 6.68. The third kappa shape index (κ3) is 2.90. The average Bonchev–Trinajstić information content (AvgIpc) is 2.32. The molecular formula is C15H23N3S. The van der Waals surface area contributed by atoms with Crippen LogP contribution in [0.25, 0.3) is 0 Å². The van der Waals surface area contributed by atoms with Crippen LogP contribution in [0.3, 0.4) is 0 Å². The molecular weight excluding hydrogens is 254 g/mol. The molecule has 0 radical (unpaired) electrons. The number of piperazine rings is 1. The predicted molar refractivity (Wildman–Crippen MR) is 86.0 cm³/mol. The van der Waals surface area contributed by atoms with E-state index in [1.54, 1.807) is 0 Å². The largest absolute Gasteiger partial charge is 0.389 e. The summed E-state index contributed by atoms with van der Waals surface area (Å²) in [7, 11) is 2.18. The van der Waals surface area contributed by atoms with Crippen molar-refractivity contribution in [3.63, 3.8) is 0 Å². The maximum Gasteiger partial charge on any atom is 0.106 e. The second-order valence-corrected chi connectivity index (χ2v) is 6.48. The first-order valence-corrected chi connectivity index (χ1v) is 7.09. The summed E-state index contributed by atoms with van der Waals surface area (Å²) in [6.07, 6.45) is 0. The van der Waals surface area contributed by atoms with E-state index in [9.17, 15) is 0 Å². The third-order valence-corrected chi connectivity index (χ3v) is 4.30. The van der Waals surface area contributed by atoms with Gasteiger partial charge in [-0.2, -0.15) is 0 Å². The summed E-state index contributed by atoms with van der Waals surface area (Å²) in [5.74, 6) is 0. The number of hydrogen-bond donors (Lipinski definition) is 1. The Hall–Kier alpha value is -1.13. The van der Waals surface area contributed by atoms with Crippen LogP contribution in [0.5, 0.6) is 0 Å². The number of hydrogen-bond acceptors (Lipinski definition) is 3. The zero-order valence-corrected chi connectivity index (χ0v) is 13.0. The van der Waals surface area contributed by atoms with E-state index >= 15 is 0 Å². The van der Waals surface area contributed by atoms with Gasteiger partial charge in [-0.3, -0.25) is 4.90 Å². The van der Waals surface area contributed by atoms with Crippen LogP contribution >= 0.6 is 12.2 Å². The summed E-state index contributed by atoms with van der Waals surface area (Å²) in [5.41, 5.74) is 9.43. The molecule has 0 spiro atoms. The van der Waals surface area contributed by atoms with Crippen molar-refractivity contribution in [3.05, 3.63) is 29.3 Å². The van der Waals surface area contributed by atoms with Gasteiger partial charge < -0.3 is 10.6 Å². The van der Waals surface area contributed by atoms with Crippen molar-refractivity contribution in [2.45, 2.75) is 26.3 Å². The first-order chi connectivity index (χ1) is 8.81. The minimum Gasteiger partial charge on any atom is -0.389 e. The molecule has 19 heavy (non-hydrogen) atoms. The Morgan fingerprint density at radius 2 is 2.00 bits per heavy atom.